The van der Waals surface area contributed by atoms with Gasteiger partial charge in [-0.05, 0) is 35.4 Å². The highest BCUT2D eigenvalue weighted by atomic mass is 35.5. The van der Waals surface area contributed by atoms with E-state index in [2.05, 4.69) is 0 Å². The molecule has 0 aliphatic heterocycles. The Morgan fingerprint density at radius 1 is 0.857 bits per heavy atom. The fourth-order valence-electron chi connectivity index (χ4n) is 1.99. The van der Waals surface area contributed by atoms with Crippen molar-refractivity contribution in [3.8, 4) is 17.2 Å². The molecule has 0 saturated heterocycles. The van der Waals surface area contributed by atoms with E-state index in [0.717, 1.165) is 23.5 Å². The molecule has 0 aromatic heterocycles. The zero-order valence-electron chi connectivity index (χ0n) is 12.3. The van der Waals surface area contributed by atoms with E-state index in [4.69, 9.17) is 25.8 Å². The lowest BCUT2D eigenvalue weighted by Crippen LogP contribution is -2.03. The topological polar surface area (TPSA) is 27.7 Å². The van der Waals surface area contributed by atoms with Gasteiger partial charge in [0, 0.05) is 12.3 Å². The first kappa shape index (κ1) is 15.5. The fourth-order valence-corrected chi connectivity index (χ4v) is 2.15. The molecule has 2 aromatic carbocycles. The summed E-state index contributed by atoms with van der Waals surface area (Å²) in [5.74, 6) is 2.77. The van der Waals surface area contributed by atoms with Gasteiger partial charge in [0.25, 0.3) is 0 Å². The van der Waals surface area contributed by atoms with Crippen LogP contribution in [0.1, 0.15) is 11.1 Å². The summed E-state index contributed by atoms with van der Waals surface area (Å²) < 4.78 is 16.2. The maximum absolute atomic E-state index is 5.81. The summed E-state index contributed by atoms with van der Waals surface area (Å²) in [6, 6.07) is 13.7. The van der Waals surface area contributed by atoms with Gasteiger partial charge in [-0.15, -0.1) is 11.6 Å². The number of ether oxygens (including phenoxy) is 3. The van der Waals surface area contributed by atoms with Gasteiger partial charge in [0.15, 0.2) is 11.5 Å². The molecular weight excluding hydrogens is 288 g/mol. The molecule has 0 fully saturated rings. The number of methoxy groups -OCH3 is 2. The summed E-state index contributed by atoms with van der Waals surface area (Å²) in [6.45, 7) is 0.586. The summed E-state index contributed by atoms with van der Waals surface area (Å²) in [7, 11) is 3.29. The van der Waals surface area contributed by atoms with Gasteiger partial charge in [-0.3, -0.25) is 0 Å². The van der Waals surface area contributed by atoms with Gasteiger partial charge in [-0.25, -0.2) is 0 Å². The highest BCUT2D eigenvalue weighted by Gasteiger charge is 2.05. The second-order valence-corrected chi connectivity index (χ2v) is 4.83. The van der Waals surface area contributed by atoms with Crippen molar-refractivity contribution < 1.29 is 14.2 Å². The molecule has 0 N–H and O–H groups in total. The molecule has 0 aliphatic carbocycles. The van der Waals surface area contributed by atoms with Crippen molar-refractivity contribution in [2.45, 2.75) is 12.3 Å². The number of rotatable bonds is 7. The second kappa shape index (κ2) is 7.79. The average molecular weight is 307 g/mol. The van der Waals surface area contributed by atoms with Crippen LogP contribution in [-0.4, -0.2) is 20.8 Å². The van der Waals surface area contributed by atoms with Crippen molar-refractivity contribution in [2.24, 2.45) is 0 Å². The Labute approximate surface area is 130 Å². The first-order valence-electron chi connectivity index (χ1n) is 6.75. The van der Waals surface area contributed by atoms with Crippen LogP contribution in [0.5, 0.6) is 17.2 Å². The van der Waals surface area contributed by atoms with E-state index in [-0.39, 0.29) is 0 Å². The average Bonchev–Trinajstić information content (AvgIpc) is 2.55. The number of halogens is 1. The maximum atomic E-state index is 5.81. The molecule has 0 bridgehead atoms. The van der Waals surface area contributed by atoms with Crippen LogP contribution in [0.3, 0.4) is 0 Å². The van der Waals surface area contributed by atoms with E-state index >= 15 is 0 Å². The van der Waals surface area contributed by atoms with Gasteiger partial charge >= 0.3 is 0 Å². The monoisotopic (exact) mass is 306 g/mol. The minimum atomic E-state index is 0.461. The van der Waals surface area contributed by atoms with E-state index < -0.39 is 0 Å². The minimum absolute atomic E-state index is 0.461. The van der Waals surface area contributed by atoms with Gasteiger partial charge in [0.1, 0.15) is 5.75 Å². The van der Waals surface area contributed by atoms with Crippen LogP contribution < -0.4 is 14.2 Å². The highest BCUT2D eigenvalue weighted by Crippen LogP contribution is 2.28. The van der Waals surface area contributed by atoms with Gasteiger partial charge in [0.05, 0.1) is 20.8 Å². The van der Waals surface area contributed by atoms with Gasteiger partial charge in [0.2, 0.25) is 0 Å². The van der Waals surface area contributed by atoms with Crippen LogP contribution in [0.4, 0.5) is 0 Å². The zero-order chi connectivity index (χ0) is 15.1. The fraction of sp³-hybridized carbons (Fsp3) is 0.294. The number of hydrogen-bond acceptors (Lipinski definition) is 3. The molecule has 0 aliphatic rings. The van der Waals surface area contributed by atoms with Crippen LogP contribution in [0, 0.1) is 0 Å². The Balaban J connectivity index is 1.93. The third-order valence-corrected chi connectivity index (χ3v) is 3.50. The van der Waals surface area contributed by atoms with Gasteiger partial charge in [-0.2, -0.15) is 0 Å². The van der Waals surface area contributed by atoms with Crippen molar-refractivity contribution in [2.75, 3.05) is 20.8 Å². The van der Waals surface area contributed by atoms with Crippen molar-refractivity contribution in [1.29, 1.82) is 0 Å². The maximum Gasteiger partial charge on any atom is 0.161 e. The third kappa shape index (κ3) is 4.30. The number of hydrogen-bond donors (Lipinski definition) is 0. The summed E-state index contributed by atoms with van der Waals surface area (Å²) in [6.07, 6.45) is 0.824. The third-order valence-electron chi connectivity index (χ3n) is 3.19. The Morgan fingerprint density at radius 2 is 1.57 bits per heavy atom. The Bertz CT molecular complexity index is 567. The molecule has 2 aromatic rings. The molecule has 21 heavy (non-hydrogen) atoms. The predicted octanol–water partition coefficient (Wildman–Crippen LogP) is 4.06. The van der Waals surface area contributed by atoms with Gasteiger partial charge in [-0.1, -0.05) is 18.2 Å². The molecular formula is C17H19ClO3. The van der Waals surface area contributed by atoms with Crippen LogP contribution in [0.25, 0.3) is 0 Å². The molecule has 0 heterocycles. The first-order chi connectivity index (χ1) is 10.3. The lowest BCUT2D eigenvalue weighted by Gasteiger charge is -2.11. The van der Waals surface area contributed by atoms with E-state index in [1.807, 2.05) is 42.5 Å². The summed E-state index contributed by atoms with van der Waals surface area (Å²) in [5.41, 5.74) is 2.21. The van der Waals surface area contributed by atoms with Crippen LogP contribution in [-0.2, 0) is 12.3 Å². The number of alkyl halides is 1. The predicted molar refractivity (Wildman–Crippen MR) is 84.7 cm³/mol. The molecule has 2 rings (SSSR count). The standard InChI is InChI=1S/C17H19ClO3/c1-19-15-6-3-13(4-7-15)9-10-21-16-8-5-14(12-18)11-17(16)20-2/h3-8,11H,9-10,12H2,1-2H3. The van der Waals surface area contributed by atoms with Crippen molar-refractivity contribution >= 4 is 11.6 Å². The largest absolute Gasteiger partial charge is 0.497 e. The quantitative estimate of drug-likeness (QED) is 0.722. The second-order valence-electron chi connectivity index (χ2n) is 4.57. The molecule has 0 saturated carbocycles. The molecule has 0 radical (unpaired) electrons. The normalized spacial score (nSPS) is 10.2. The van der Waals surface area contributed by atoms with Crippen molar-refractivity contribution in [3.05, 3.63) is 53.6 Å². The highest BCUT2D eigenvalue weighted by molar-refractivity contribution is 6.17. The van der Waals surface area contributed by atoms with Crippen LogP contribution in [0.2, 0.25) is 0 Å². The molecule has 0 spiro atoms. The minimum Gasteiger partial charge on any atom is -0.497 e. The molecule has 0 unspecified atom stereocenters. The summed E-state index contributed by atoms with van der Waals surface area (Å²) in [4.78, 5) is 0. The Kier molecular flexibility index (Phi) is 5.76. The molecule has 0 amide bonds. The van der Waals surface area contributed by atoms with Crippen molar-refractivity contribution in [3.63, 3.8) is 0 Å². The van der Waals surface area contributed by atoms with E-state index in [1.54, 1.807) is 14.2 Å². The lowest BCUT2D eigenvalue weighted by molar-refractivity contribution is 0.297. The van der Waals surface area contributed by atoms with Gasteiger partial charge < -0.3 is 14.2 Å². The SMILES string of the molecule is COc1ccc(CCOc2ccc(CCl)cc2OC)cc1. The van der Waals surface area contributed by atoms with Crippen LogP contribution in [0.15, 0.2) is 42.5 Å². The Morgan fingerprint density at radius 3 is 2.19 bits per heavy atom. The van der Waals surface area contributed by atoms with Crippen LogP contribution >= 0.6 is 11.6 Å². The molecule has 112 valence electrons. The first-order valence-corrected chi connectivity index (χ1v) is 7.29. The lowest BCUT2D eigenvalue weighted by atomic mass is 10.1. The smallest absolute Gasteiger partial charge is 0.161 e. The molecule has 3 nitrogen and oxygen atoms in total. The molecule has 0 atom stereocenters. The van der Waals surface area contributed by atoms with E-state index in [9.17, 15) is 0 Å². The van der Waals surface area contributed by atoms with E-state index in [1.165, 1.54) is 5.56 Å². The molecule has 4 heteroatoms. The summed E-state index contributed by atoms with van der Waals surface area (Å²) in [5, 5.41) is 0. The van der Waals surface area contributed by atoms with E-state index in [0.29, 0.717) is 18.2 Å². The summed E-state index contributed by atoms with van der Waals surface area (Å²) >= 11 is 5.81. The number of benzene rings is 2. The van der Waals surface area contributed by atoms with Crippen molar-refractivity contribution in [1.82, 2.24) is 0 Å². The zero-order valence-corrected chi connectivity index (χ0v) is 13.0. The Hall–Kier alpha value is -1.87.